The highest BCUT2D eigenvalue weighted by Gasteiger charge is 2.27. The third-order valence-corrected chi connectivity index (χ3v) is 4.61. The minimum absolute atomic E-state index is 0.194. The Balaban J connectivity index is 1.70. The first-order chi connectivity index (χ1) is 11.2. The molecule has 3 rings (SSSR count). The van der Waals surface area contributed by atoms with Crippen molar-refractivity contribution in [3.8, 4) is 0 Å². The Morgan fingerprint density at radius 3 is 2.65 bits per heavy atom. The molecule has 0 aromatic heterocycles. The van der Waals surface area contributed by atoms with Crippen molar-refractivity contribution in [1.82, 2.24) is 5.32 Å². The van der Waals surface area contributed by atoms with Crippen LogP contribution in [0.4, 0.5) is 10.1 Å². The van der Waals surface area contributed by atoms with Crippen molar-refractivity contribution in [3.63, 3.8) is 0 Å². The van der Waals surface area contributed by atoms with Crippen molar-refractivity contribution in [1.29, 1.82) is 0 Å². The highest BCUT2D eigenvalue weighted by atomic mass is 32.2. The smallest absolute Gasteiger partial charge is 0.260 e. The highest BCUT2D eigenvalue weighted by molar-refractivity contribution is 8.05. The number of hydrogen-bond donors (Lipinski definition) is 2. The molecule has 1 aliphatic heterocycles. The summed E-state index contributed by atoms with van der Waals surface area (Å²) in [4.78, 5) is 12.5. The van der Waals surface area contributed by atoms with E-state index in [1.165, 1.54) is 23.4 Å². The van der Waals surface area contributed by atoms with Crippen LogP contribution in [0.5, 0.6) is 0 Å². The molecule has 0 unspecified atom stereocenters. The van der Waals surface area contributed by atoms with Crippen molar-refractivity contribution < 1.29 is 9.18 Å². The zero-order valence-corrected chi connectivity index (χ0v) is 13.5. The van der Waals surface area contributed by atoms with Gasteiger partial charge in [-0.1, -0.05) is 49.0 Å². The van der Waals surface area contributed by atoms with Crippen LogP contribution in [0.1, 0.15) is 18.1 Å². The maximum Gasteiger partial charge on any atom is 0.260 e. The number of hydrogen-bond acceptors (Lipinski definition) is 3. The molecule has 118 valence electrons. The lowest BCUT2D eigenvalue weighted by molar-refractivity contribution is -0.116. The van der Waals surface area contributed by atoms with Crippen LogP contribution in [0.3, 0.4) is 0 Å². The summed E-state index contributed by atoms with van der Waals surface area (Å²) in [6, 6.07) is 14.5. The molecular weight excluding hydrogens is 311 g/mol. The van der Waals surface area contributed by atoms with Gasteiger partial charge in [0.1, 0.15) is 5.82 Å². The minimum atomic E-state index is -0.333. The molecule has 1 amide bonds. The fourth-order valence-corrected chi connectivity index (χ4v) is 3.26. The van der Waals surface area contributed by atoms with E-state index in [0.717, 1.165) is 12.1 Å². The van der Waals surface area contributed by atoms with Crippen molar-refractivity contribution in [2.45, 2.75) is 18.8 Å². The van der Waals surface area contributed by atoms with E-state index in [-0.39, 0.29) is 17.2 Å². The van der Waals surface area contributed by atoms with E-state index < -0.39 is 0 Å². The lowest BCUT2D eigenvalue weighted by Gasteiger charge is -2.12. The molecule has 1 aliphatic rings. The first-order valence-electron chi connectivity index (χ1n) is 7.45. The third-order valence-electron chi connectivity index (χ3n) is 3.58. The number of halogens is 1. The predicted octanol–water partition coefficient (Wildman–Crippen LogP) is 3.99. The quantitative estimate of drug-likeness (QED) is 0.834. The zero-order valence-electron chi connectivity index (χ0n) is 12.7. The third kappa shape index (κ3) is 3.74. The van der Waals surface area contributed by atoms with Gasteiger partial charge in [-0.25, -0.2) is 4.39 Å². The van der Waals surface area contributed by atoms with Gasteiger partial charge in [0.15, 0.2) is 5.50 Å². The van der Waals surface area contributed by atoms with Crippen LogP contribution in [-0.4, -0.2) is 11.4 Å². The molecule has 2 aromatic carbocycles. The molecular formula is C18H17FN2OS. The van der Waals surface area contributed by atoms with E-state index in [1.807, 2.05) is 12.1 Å². The van der Waals surface area contributed by atoms with Gasteiger partial charge in [-0.3, -0.25) is 4.79 Å². The Bertz CT molecular complexity index is 743. The second kappa shape index (κ2) is 6.87. The largest absolute Gasteiger partial charge is 0.357 e. The summed E-state index contributed by atoms with van der Waals surface area (Å²) in [5.74, 6) is -0.527. The number of nitrogens with one attached hydrogen (secondary N) is 2. The zero-order chi connectivity index (χ0) is 16.2. The van der Waals surface area contributed by atoms with E-state index >= 15 is 0 Å². The molecule has 0 radical (unpaired) electrons. The van der Waals surface area contributed by atoms with E-state index in [1.54, 1.807) is 24.3 Å². The van der Waals surface area contributed by atoms with Crippen molar-refractivity contribution >= 4 is 29.4 Å². The molecule has 1 atom stereocenters. The Labute approximate surface area is 139 Å². The highest BCUT2D eigenvalue weighted by Crippen LogP contribution is 2.30. The number of amides is 1. The average molecular weight is 328 g/mol. The Morgan fingerprint density at radius 2 is 1.96 bits per heavy atom. The SMILES string of the molecule is CCc1ccc(N[C@H]2NC(=O)/C(=C/c3ccccc3F)S2)cc1. The molecule has 0 bridgehead atoms. The number of carbonyl (C=O) groups is 1. The molecule has 5 heteroatoms. The number of benzene rings is 2. The van der Waals surface area contributed by atoms with Crippen LogP contribution < -0.4 is 10.6 Å². The molecule has 3 nitrogen and oxygen atoms in total. The number of thioether (sulfide) groups is 1. The normalized spacial score (nSPS) is 19.0. The standard InChI is InChI=1S/C18H17FN2OS/c1-2-12-7-9-14(10-8-12)20-18-21-17(22)16(23-18)11-13-5-3-4-6-15(13)19/h3-11,18,20H,2H2,1H3,(H,21,22)/b16-11-/t18-/m0/s1. The summed E-state index contributed by atoms with van der Waals surface area (Å²) in [6.07, 6.45) is 2.57. The molecule has 1 fully saturated rings. The van der Waals surface area contributed by atoms with E-state index in [0.29, 0.717) is 10.5 Å². The van der Waals surface area contributed by atoms with Crippen LogP contribution in [0.15, 0.2) is 53.4 Å². The second-order valence-electron chi connectivity index (χ2n) is 5.20. The molecule has 2 aromatic rings. The summed E-state index contributed by atoms with van der Waals surface area (Å²) in [6.45, 7) is 2.11. The first kappa shape index (κ1) is 15.6. The van der Waals surface area contributed by atoms with Crippen molar-refractivity contribution in [2.75, 3.05) is 5.32 Å². The maximum absolute atomic E-state index is 13.7. The molecule has 0 saturated carbocycles. The van der Waals surface area contributed by atoms with Gasteiger partial charge < -0.3 is 10.6 Å². The summed E-state index contributed by atoms with van der Waals surface area (Å²) >= 11 is 1.35. The topological polar surface area (TPSA) is 41.1 Å². The van der Waals surface area contributed by atoms with Gasteiger partial charge in [-0.15, -0.1) is 0 Å². The van der Waals surface area contributed by atoms with Gasteiger partial charge in [0.05, 0.1) is 4.91 Å². The summed E-state index contributed by atoms with van der Waals surface area (Å²) in [7, 11) is 0. The van der Waals surface area contributed by atoms with Crippen LogP contribution >= 0.6 is 11.8 Å². The fraction of sp³-hybridized carbons (Fsp3) is 0.167. The Hall–Kier alpha value is -2.27. The predicted molar refractivity (Wildman–Crippen MR) is 93.3 cm³/mol. The number of carbonyl (C=O) groups excluding carboxylic acids is 1. The fourth-order valence-electron chi connectivity index (χ4n) is 2.29. The maximum atomic E-state index is 13.7. The van der Waals surface area contributed by atoms with Crippen molar-refractivity contribution in [2.24, 2.45) is 0 Å². The second-order valence-corrected chi connectivity index (χ2v) is 6.34. The first-order valence-corrected chi connectivity index (χ1v) is 8.33. The number of aryl methyl sites for hydroxylation is 1. The van der Waals surface area contributed by atoms with Gasteiger partial charge in [0.25, 0.3) is 5.91 Å². The molecule has 0 aliphatic carbocycles. The number of anilines is 1. The molecule has 1 heterocycles. The molecule has 2 N–H and O–H groups in total. The average Bonchev–Trinajstić information content (AvgIpc) is 2.90. The van der Waals surface area contributed by atoms with Gasteiger partial charge in [-0.2, -0.15) is 0 Å². The summed E-state index contributed by atoms with van der Waals surface area (Å²) < 4.78 is 13.7. The van der Waals surface area contributed by atoms with Crippen molar-refractivity contribution in [3.05, 3.63) is 70.4 Å². The van der Waals surface area contributed by atoms with Gasteiger partial charge >= 0.3 is 0 Å². The van der Waals surface area contributed by atoms with Crippen LogP contribution in [0, 0.1) is 5.82 Å². The lowest BCUT2D eigenvalue weighted by atomic mass is 10.1. The molecule has 23 heavy (non-hydrogen) atoms. The number of rotatable bonds is 4. The summed E-state index contributed by atoms with van der Waals surface area (Å²) in [5, 5.41) is 6.09. The monoisotopic (exact) mass is 328 g/mol. The van der Waals surface area contributed by atoms with Gasteiger partial charge in [-0.05, 0) is 36.3 Å². The lowest BCUT2D eigenvalue weighted by Crippen LogP contribution is -2.30. The van der Waals surface area contributed by atoms with Crippen LogP contribution in [-0.2, 0) is 11.2 Å². The van der Waals surface area contributed by atoms with Gasteiger partial charge in [0, 0.05) is 11.3 Å². The molecule has 1 saturated heterocycles. The Kier molecular flexibility index (Phi) is 4.67. The van der Waals surface area contributed by atoms with E-state index in [4.69, 9.17) is 0 Å². The Morgan fingerprint density at radius 1 is 1.22 bits per heavy atom. The van der Waals surface area contributed by atoms with E-state index in [2.05, 4.69) is 29.7 Å². The van der Waals surface area contributed by atoms with E-state index in [9.17, 15) is 9.18 Å². The van der Waals surface area contributed by atoms with Gasteiger partial charge in [0.2, 0.25) is 0 Å². The summed E-state index contributed by atoms with van der Waals surface area (Å²) in [5.41, 5.74) is 2.36. The van der Waals surface area contributed by atoms with Crippen LogP contribution in [0.2, 0.25) is 0 Å². The minimum Gasteiger partial charge on any atom is -0.357 e. The molecule has 0 spiro atoms. The van der Waals surface area contributed by atoms with Crippen LogP contribution in [0.25, 0.3) is 6.08 Å².